The topological polar surface area (TPSA) is 15.3 Å². The minimum atomic E-state index is 0.485. The summed E-state index contributed by atoms with van der Waals surface area (Å²) in [7, 11) is 2.18. The molecule has 102 valence electrons. The number of hydrogen-bond donors (Lipinski definition) is 1. The van der Waals surface area contributed by atoms with Gasteiger partial charge in [0, 0.05) is 29.7 Å². The van der Waals surface area contributed by atoms with Gasteiger partial charge >= 0.3 is 0 Å². The summed E-state index contributed by atoms with van der Waals surface area (Å²) in [5.74, 6) is 0. The Balaban J connectivity index is 1.79. The molecule has 3 heteroatoms. The average molecular weight is 274 g/mol. The highest BCUT2D eigenvalue weighted by Crippen LogP contribution is 2.22. The van der Waals surface area contributed by atoms with Crippen molar-refractivity contribution in [3.05, 3.63) is 52.2 Å². The van der Waals surface area contributed by atoms with Gasteiger partial charge < -0.3 is 5.32 Å². The van der Waals surface area contributed by atoms with Gasteiger partial charge in [0.2, 0.25) is 0 Å². The third kappa shape index (κ3) is 4.08. The molecule has 2 nitrogen and oxygen atoms in total. The van der Waals surface area contributed by atoms with Crippen molar-refractivity contribution in [3.63, 3.8) is 0 Å². The Kier molecular flexibility index (Phi) is 5.00. The van der Waals surface area contributed by atoms with Crippen molar-refractivity contribution in [2.45, 2.75) is 19.9 Å². The molecule has 1 atom stereocenters. The van der Waals surface area contributed by atoms with Crippen molar-refractivity contribution in [2.75, 3.05) is 25.5 Å². The number of nitrogens with one attached hydrogen (secondary N) is 1. The molecule has 1 aromatic heterocycles. The normalized spacial score (nSPS) is 12.6. The number of likely N-dealkylation sites (N-methyl/N-ethyl adjacent to an activating group) is 1. The number of aryl methyl sites for hydroxylation is 1. The standard InChI is InChI=1S/C16H22N2S/c1-13-6-4-7-15(12-13)17-9-10-18(3)14(2)16-8-5-11-19-16/h4-8,11-12,14,17H,9-10H2,1-3H3. The second-order valence-corrected chi connectivity index (χ2v) is 5.95. The van der Waals surface area contributed by atoms with E-state index in [4.69, 9.17) is 0 Å². The van der Waals surface area contributed by atoms with Crippen molar-refractivity contribution in [3.8, 4) is 0 Å². The summed E-state index contributed by atoms with van der Waals surface area (Å²) < 4.78 is 0. The SMILES string of the molecule is Cc1cccc(NCCN(C)C(C)c2cccs2)c1. The molecule has 0 fully saturated rings. The van der Waals surface area contributed by atoms with Gasteiger partial charge in [-0.3, -0.25) is 4.90 Å². The second kappa shape index (κ2) is 6.73. The van der Waals surface area contributed by atoms with E-state index in [-0.39, 0.29) is 0 Å². The van der Waals surface area contributed by atoms with Gasteiger partial charge in [0.25, 0.3) is 0 Å². The summed E-state index contributed by atoms with van der Waals surface area (Å²) in [5, 5.41) is 5.62. The zero-order chi connectivity index (χ0) is 13.7. The molecule has 19 heavy (non-hydrogen) atoms. The van der Waals surface area contributed by atoms with E-state index >= 15 is 0 Å². The molecule has 2 rings (SSSR count). The van der Waals surface area contributed by atoms with Gasteiger partial charge in [0.05, 0.1) is 0 Å². The van der Waals surface area contributed by atoms with E-state index in [0.29, 0.717) is 6.04 Å². The summed E-state index contributed by atoms with van der Waals surface area (Å²) in [5.41, 5.74) is 2.50. The maximum absolute atomic E-state index is 3.48. The van der Waals surface area contributed by atoms with E-state index in [1.807, 2.05) is 11.3 Å². The van der Waals surface area contributed by atoms with Crippen LogP contribution in [0.1, 0.15) is 23.4 Å². The third-order valence-corrected chi connectivity index (χ3v) is 4.47. The van der Waals surface area contributed by atoms with E-state index in [2.05, 4.69) is 72.9 Å². The molecule has 0 aliphatic carbocycles. The lowest BCUT2D eigenvalue weighted by Crippen LogP contribution is -2.27. The molecule has 0 radical (unpaired) electrons. The highest BCUT2D eigenvalue weighted by molar-refractivity contribution is 7.10. The van der Waals surface area contributed by atoms with Crippen LogP contribution in [0.15, 0.2) is 41.8 Å². The number of nitrogens with zero attached hydrogens (tertiary/aromatic N) is 1. The number of benzene rings is 1. The van der Waals surface area contributed by atoms with Crippen LogP contribution in [0.3, 0.4) is 0 Å². The van der Waals surface area contributed by atoms with Crippen molar-refractivity contribution in [1.29, 1.82) is 0 Å². The molecule has 2 aromatic rings. The Labute approximate surface area is 120 Å². The lowest BCUT2D eigenvalue weighted by Gasteiger charge is -2.24. The molecule has 0 saturated carbocycles. The van der Waals surface area contributed by atoms with Crippen molar-refractivity contribution < 1.29 is 0 Å². The molecule has 1 unspecified atom stereocenters. The fourth-order valence-corrected chi connectivity index (χ4v) is 2.92. The summed E-state index contributed by atoms with van der Waals surface area (Å²) in [6, 6.07) is 13.3. The quantitative estimate of drug-likeness (QED) is 0.851. The summed E-state index contributed by atoms with van der Waals surface area (Å²) >= 11 is 1.83. The first-order valence-corrected chi connectivity index (χ1v) is 7.59. The van der Waals surface area contributed by atoms with Crippen LogP contribution in [0.25, 0.3) is 0 Å². The first-order valence-electron chi connectivity index (χ1n) is 6.71. The smallest absolute Gasteiger partial charge is 0.0411 e. The molecule has 0 amide bonds. The maximum Gasteiger partial charge on any atom is 0.0411 e. The second-order valence-electron chi connectivity index (χ2n) is 4.97. The molecule has 1 aromatic carbocycles. The van der Waals surface area contributed by atoms with E-state index in [9.17, 15) is 0 Å². The summed E-state index contributed by atoms with van der Waals surface area (Å²) in [6.07, 6.45) is 0. The van der Waals surface area contributed by atoms with Gasteiger partial charge in [-0.1, -0.05) is 18.2 Å². The van der Waals surface area contributed by atoms with Crippen LogP contribution in [0, 0.1) is 6.92 Å². The van der Waals surface area contributed by atoms with Crippen LogP contribution in [0.2, 0.25) is 0 Å². The molecular weight excluding hydrogens is 252 g/mol. The molecule has 0 bridgehead atoms. The van der Waals surface area contributed by atoms with Gasteiger partial charge in [-0.15, -0.1) is 11.3 Å². The molecular formula is C16H22N2S. The van der Waals surface area contributed by atoms with E-state index in [0.717, 1.165) is 13.1 Å². The van der Waals surface area contributed by atoms with Crippen LogP contribution >= 0.6 is 11.3 Å². The minimum absolute atomic E-state index is 0.485. The zero-order valence-electron chi connectivity index (χ0n) is 11.9. The first kappa shape index (κ1) is 14.1. The highest BCUT2D eigenvalue weighted by atomic mass is 32.1. The number of rotatable bonds is 6. The highest BCUT2D eigenvalue weighted by Gasteiger charge is 2.11. The molecule has 1 heterocycles. The number of thiophene rings is 1. The Morgan fingerprint density at radius 2 is 2.11 bits per heavy atom. The third-order valence-electron chi connectivity index (χ3n) is 3.43. The minimum Gasteiger partial charge on any atom is -0.384 e. The summed E-state index contributed by atoms with van der Waals surface area (Å²) in [6.45, 7) is 6.39. The predicted octanol–water partition coefficient (Wildman–Crippen LogP) is 4.16. The monoisotopic (exact) mass is 274 g/mol. The van der Waals surface area contributed by atoms with Crippen LogP contribution < -0.4 is 5.32 Å². The fraction of sp³-hybridized carbons (Fsp3) is 0.375. The fourth-order valence-electron chi connectivity index (χ4n) is 2.07. The number of hydrogen-bond acceptors (Lipinski definition) is 3. The molecule has 0 aliphatic rings. The van der Waals surface area contributed by atoms with E-state index in [1.54, 1.807) is 0 Å². The lowest BCUT2D eigenvalue weighted by molar-refractivity contribution is 0.275. The van der Waals surface area contributed by atoms with Crippen molar-refractivity contribution in [2.24, 2.45) is 0 Å². The van der Waals surface area contributed by atoms with Gasteiger partial charge in [0.1, 0.15) is 0 Å². The van der Waals surface area contributed by atoms with Crippen molar-refractivity contribution >= 4 is 17.0 Å². The van der Waals surface area contributed by atoms with Gasteiger partial charge in [0.15, 0.2) is 0 Å². The van der Waals surface area contributed by atoms with Crippen LogP contribution in [0.5, 0.6) is 0 Å². The lowest BCUT2D eigenvalue weighted by atomic mass is 10.2. The molecule has 0 spiro atoms. The Hall–Kier alpha value is -1.32. The average Bonchev–Trinajstić information content (AvgIpc) is 2.91. The number of anilines is 1. The first-order chi connectivity index (χ1) is 9.16. The van der Waals surface area contributed by atoms with Gasteiger partial charge in [-0.2, -0.15) is 0 Å². The van der Waals surface area contributed by atoms with Gasteiger partial charge in [-0.25, -0.2) is 0 Å². The molecule has 0 saturated heterocycles. The Bertz CT molecular complexity index is 493. The van der Waals surface area contributed by atoms with Gasteiger partial charge in [-0.05, 0) is 50.0 Å². The Morgan fingerprint density at radius 1 is 1.26 bits per heavy atom. The van der Waals surface area contributed by atoms with Crippen molar-refractivity contribution in [1.82, 2.24) is 4.90 Å². The molecule has 1 N–H and O–H groups in total. The maximum atomic E-state index is 3.48. The van der Waals surface area contributed by atoms with E-state index < -0.39 is 0 Å². The van der Waals surface area contributed by atoms with E-state index in [1.165, 1.54) is 16.1 Å². The zero-order valence-corrected chi connectivity index (χ0v) is 12.7. The summed E-state index contributed by atoms with van der Waals surface area (Å²) in [4.78, 5) is 3.81. The van der Waals surface area contributed by atoms with Crippen LogP contribution in [-0.2, 0) is 0 Å². The van der Waals surface area contributed by atoms with Crippen LogP contribution in [-0.4, -0.2) is 25.0 Å². The van der Waals surface area contributed by atoms with Crippen LogP contribution in [0.4, 0.5) is 5.69 Å². The largest absolute Gasteiger partial charge is 0.384 e. The predicted molar refractivity (Wildman–Crippen MR) is 85.0 cm³/mol. The molecule has 0 aliphatic heterocycles. The Morgan fingerprint density at radius 3 is 2.79 bits per heavy atom.